The lowest BCUT2D eigenvalue weighted by Crippen LogP contribution is -2.21. The second kappa shape index (κ2) is 9.84. The molecule has 3 rings (SSSR count). The van der Waals surface area contributed by atoms with Crippen LogP contribution in [-0.2, 0) is 5.41 Å². The van der Waals surface area contributed by atoms with Crippen LogP contribution in [0.5, 0.6) is 0 Å². The summed E-state index contributed by atoms with van der Waals surface area (Å²) in [4.78, 5) is 2.37. The lowest BCUT2D eigenvalue weighted by Gasteiger charge is -2.29. The average Bonchev–Trinajstić information content (AvgIpc) is 2.75. The number of hydrogen-bond acceptors (Lipinski definition) is 2. The molecule has 0 fully saturated rings. The summed E-state index contributed by atoms with van der Waals surface area (Å²) in [5.41, 5.74) is 5.23. The highest BCUT2D eigenvalue weighted by molar-refractivity contribution is 5.91. The second-order valence-corrected chi connectivity index (χ2v) is 8.49. The molecule has 0 heterocycles. The van der Waals surface area contributed by atoms with Crippen LogP contribution in [0.1, 0.15) is 52.2 Å². The van der Waals surface area contributed by atoms with Crippen molar-refractivity contribution < 1.29 is 0 Å². The van der Waals surface area contributed by atoms with E-state index >= 15 is 0 Å². The number of nitrogens with zero attached hydrogens (tertiary/aromatic N) is 1. The van der Waals surface area contributed by atoms with Gasteiger partial charge in [-0.3, -0.25) is 0 Å². The first-order valence-corrected chi connectivity index (χ1v) is 11.3. The summed E-state index contributed by atoms with van der Waals surface area (Å²) in [5, 5.41) is 6.23. The number of nitrogens with one attached hydrogen (secondary N) is 1. The number of anilines is 2. The molecule has 0 aliphatic carbocycles. The molecule has 0 bridgehead atoms. The Balaban J connectivity index is 1.84. The van der Waals surface area contributed by atoms with Crippen LogP contribution in [0, 0.1) is 0 Å². The van der Waals surface area contributed by atoms with Gasteiger partial charge in [0, 0.05) is 31.0 Å². The molecule has 1 N–H and O–H groups in total. The molecular weight excluding hydrogens is 364 g/mol. The third-order valence-corrected chi connectivity index (χ3v) is 5.93. The molecule has 3 aromatic rings. The van der Waals surface area contributed by atoms with E-state index in [0.717, 1.165) is 26.1 Å². The maximum Gasteiger partial charge on any atom is 0.0384 e. The van der Waals surface area contributed by atoms with E-state index in [-0.39, 0.29) is 5.41 Å². The van der Waals surface area contributed by atoms with Gasteiger partial charge >= 0.3 is 0 Å². The Hall–Kier alpha value is -2.74. The SMILES string of the molecule is CCNc1ccc2ccccc2c1C(C)(C)C/C=C/c1ccc(N(CC)CC)cc1. The van der Waals surface area contributed by atoms with Crippen LogP contribution < -0.4 is 10.2 Å². The monoisotopic (exact) mass is 400 g/mol. The van der Waals surface area contributed by atoms with Crippen molar-refractivity contribution in [3.05, 3.63) is 77.9 Å². The minimum absolute atomic E-state index is 0.0238. The van der Waals surface area contributed by atoms with Gasteiger partial charge in [-0.2, -0.15) is 0 Å². The zero-order valence-electron chi connectivity index (χ0n) is 19.2. The highest BCUT2D eigenvalue weighted by Gasteiger charge is 2.24. The molecule has 0 unspecified atom stereocenters. The molecule has 0 saturated heterocycles. The standard InChI is InChI=1S/C28H36N2/c1-6-29-26-20-17-23-13-9-10-14-25(23)27(26)28(4,5)21-11-12-22-15-18-24(19-16-22)30(7-2)8-3/h9-20,29H,6-8,21H2,1-5H3/b12-11+. The highest BCUT2D eigenvalue weighted by atomic mass is 15.1. The van der Waals surface area contributed by atoms with Gasteiger partial charge in [0.1, 0.15) is 0 Å². The zero-order chi connectivity index (χ0) is 21.6. The van der Waals surface area contributed by atoms with Gasteiger partial charge in [0.25, 0.3) is 0 Å². The van der Waals surface area contributed by atoms with E-state index in [4.69, 9.17) is 0 Å². The molecule has 0 spiro atoms. The van der Waals surface area contributed by atoms with Crippen LogP contribution in [0.15, 0.2) is 66.7 Å². The van der Waals surface area contributed by atoms with E-state index < -0.39 is 0 Å². The Bertz CT molecular complexity index is 979. The Labute approximate surface area is 182 Å². The van der Waals surface area contributed by atoms with Crippen molar-refractivity contribution in [3.8, 4) is 0 Å². The minimum Gasteiger partial charge on any atom is -0.385 e. The number of hydrogen-bond donors (Lipinski definition) is 1. The van der Waals surface area contributed by atoms with Crippen LogP contribution in [0.2, 0.25) is 0 Å². The molecule has 0 radical (unpaired) electrons. The van der Waals surface area contributed by atoms with Crippen LogP contribution in [0.4, 0.5) is 11.4 Å². The minimum atomic E-state index is 0.0238. The fourth-order valence-corrected chi connectivity index (χ4v) is 4.32. The Morgan fingerprint density at radius 2 is 1.57 bits per heavy atom. The molecule has 0 atom stereocenters. The van der Waals surface area contributed by atoms with E-state index in [9.17, 15) is 0 Å². The molecule has 2 nitrogen and oxygen atoms in total. The number of fused-ring (bicyclic) bond motifs is 1. The van der Waals surface area contributed by atoms with Gasteiger partial charge in [-0.15, -0.1) is 0 Å². The van der Waals surface area contributed by atoms with Gasteiger partial charge in [-0.25, -0.2) is 0 Å². The average molecular weight is 401 g/mol. The Morgan fingerprint density at radius 3 is 2.23 bits per heavy atom. The van der Waals surface area contributed by atoms with E-state index in [1.54, 1.807) is 0 Å². The molecule has 0 aliphatic rings. The van der Waals surface area contributed by atoms with E-state index in [1.807, 2.05) is 0 Å². The largest absolute Gasteiger partial charge is 0.385 e. The van der Waals surface area contributed by atoms with E-state index in [1.165, 1.54) is 33.3 Å². The summed E-state index contributed by atoms with van der Waals surface area (Å²) in [6, 6.07) is 22.1. The van der Waals surface area contributed by atoms with Crippen LogP contribution in [-0.4, -0.2) is 19.6 Å². The maximum absolute atomic E-state index is 3.58. The molecule has 3 aromatic carbocycles. The Morgan fingerprint density at radius 1 is 0.867 bits per heavy atom. The highest BCUT2D eigenvalue weighted by Crippen LogP contribution is 2.39. The van der Waals surface area contributed by atoms with Crippen LogP contribution in [0.3, 0.4) is 0 Å². The summed E-state index contributed by atoms with van der Waals surface area (Å²) in [6.45, 7) is 14.3. The van der Waals surface area contributed by atoms with Crippen molar-refractivity contribution in [1.82, 2.24) is 0 Å². The van der Waals surface area contributed by atoms with Crippen molar-refractivity contribution in [2.45, 2.75) is 46.5 Å². The fraction of sp³-hybridized carbons (Fsp3) is 0.357. The van der Waals surface area contributed by atoms with Crippen molar-refractivity contribution in [1.29, 1.82) is 0 Å². The summed E-state index contributed by atoms with van der Waals surface area (Å²) in [7, 11) is 0. The predicted octanol–water partition coefficient (Wildman–Crippen LogP) is 7.50. The third-order valence-electron chi connectivity index (χ3n) is 5.93. The molecule has 0 amide bonds. The molecule has 2 heteroatoms. The maximum atomic E-state index is 3.58. The van der Waals surface area contributed by atoms with Crippen molar-refractivity contribution in [2.75, 3.05) is 29.9 Å². The molecule has 30 heavy (non-hydrogen) atoms. The summed E-state index contributed by atoms with van der Waals surface area (Å²) >= 11 is 0. The van der Waals surface area contributed by atoms with Crippen molar-refractivity contribution >= 4 is 28.2 Å². The molecule has 0 aromatic heterocycles. The first-order valence-electron chi connectivity index (χ1n) is 11.3. The van der Waals surface area contributed by atoms with Crippen molar-refractivity contribution in [2.24, 2.45) is 0 Å². The van der Waals surface area contributed by atoms with Crippen LogP contribution >= 0.6 is 0 Å². The van der Waals surface area contributed by atoms with Gasteiger partial charge in [0.05, 0.1) is 0 Å². The fourth-order valence-electron chi connectivity index (χ4n) is 4.32. The number of benzene rings is 3. The zero-order valence-corrected chi connectivity index (χ0v) is 19.2. The summed E-state index contributed by atoms with van der Waals surface area (Å²) in [5.74, 6) is 0. The topological polar surface area (TPSA) is 15.3 Å². The summed E-state index contributed by atoms with van der Waals surface area (Å²) < 4.78 is 0. The molecule has 158 valence electrons. The number of allylic oxidation sites excluding steroid dienone is 1. The smallest absolute Gasteiger partial charge is 0.0384 e. The molecule has 0 aliphatic heterocycles. The first kappa shape index (κ1) is 22.0. The van der Waals surface area contributed by atoms with Gasteiger partial charge in [-0.1, -0.05) is 68.5 Å². The second-order valence-electron chi connectivity index (χ2n) is 8.49. The lowest BCUT2D eigenvalue weighted by molar-refractivity contribution is 0.541. The van der Waals surface area contributed by atoms with Crippen molar-refractivity contribution in [3.63, 3.8) is 0 Å². The Kier molecular flexibility index (Phi) is 7.20. The lowest BCUT2D eigenvalue weighted by atomic mass is 9.78. The van der Waals surface area contributed by atoms with Gasteiger partial charge < -0.3 is 10.2 Å². The molecule has 0 saturated carbocycles. The predicted molar refractivity (Wildman–Crippen MR) is 135 cm³/mol. The normalized spacial score (nSPS) is 11.9. The van der Waals surface area contributed by atoms with E-state index in [0.29, 0.717) is 0 Å². The van der Waals surface area contributed by atoms with Crippen LogP contribution in [0.25, 0.3) is 16.8 Å². The first-order chi connectivity index (χ1) is 14.5. The van der Waals surface area contributed by atoms with Gasteiger partial charge in [0.15, 0.2) is 0 Å². The molecular formula is C28H36N2. The third kappa shape index (κ3) is 4.87. The quantitative estimate of drug-likeness (QED) is 0.400. The van der Waals surface area contributed by atoms with Gasteiger partial charge in [0.2, 0.25) is 0 Å². The summed E-state index contributed by atoms with van der Waals surface area (Å²) in [6.07, 6.45) is 5.56. The number of rotatable bonds is 9. The van der Waals surface area contributed by atoms with E-state index in [2.05, 4.69) is 118 Å². The van der Waals surface area contributed by atoms with Gasteiger partial charge in [-0.05, 0) is 72.7 Å².